The van der Waals surface area contributed by atoms with Crippen LogP contribution in [0.4, 0.5) is 0 Å². The Morgan fingerprint density at radius 3 is 2.55 bits per heavy atom. The van der Waals surface area contributed by atoms with Gasteiger partial charge in [-0.1, -0.05) is 20.8 Å². The summed E-state index contributed by atoms with van der Waals surface area (Å²) in [6.07, 6.45) is 1.30. The molecule has 0 bridgehead atoms. The molecule has 2 atom stereocenters. The van der Waals surface area contributed by atoms with Crippen molar-refractivity contribution in [1.82, 2.24) is 10.4 Å². The van der Waals surface area contributed by atoms with E-state index >= 15 is 0 Å². The van der Waals surface area contributed by atoms with Crippen LogP contribution in [0.25, 0.3) is 0 Å². The fourth-order valence-corrected chi connectivity index (χ4v) is 1.88. The minimum absolute atomic E-state index is 0.669. The molecular weight excluding hydrogens is 136 g/mol. The molecule has 1 aliphatic rings. The van der Waals surface area contributed by atoms with Crippen LogP contribution in [0, 0.1) is 5.92 Å². The van der Waals surface area contributed by atoms with Crippen LogP contribution in [-0.4, -0.2) is 23.6 Å². The monoisotopic (exact) mass is 156 g/mol. The van der Waals surface area contributed by atoms with Gasteiger partial charge in [0, 0.05) is 18.6 Å². The third-order valence-corrected chi connectivity index (χ3v) is 2.49. The smallest absolute Gasteiger partial charge is 0.0281 e. The minimum atomic E-state index is 0.669. The summed E-state index contributed by atoms with van der Waals surface area (Å²) in [5, 5.41) is 2.37. The molecule has 0 aromatic rings. The van der Waals surface area contributed by atoms with Crippen LogP contribution < -0.4 is 5.43 Å². The highest BCUT2D eigenvalue weighted by atomic mass is 15.6. The summed E-state index contributed by atoms with van der Waals surface area (Å²) < 4.78 is 0. The lowest BCUT2D eigenvalue weighted by atomic mass is 9.99. The zero-order chi connectivity index (χ0) is 8.43. The van der Waals surface area contributed by atoms with Gasteiger partial charge in [0.15, 0.2) is 0 Å². The lowest BCUT2D eigenvalue weighted by Crippen LogP contribution is -2.40. The van der Waals surface area contributed by atoms with Gasteiger partial charge in [-0.25, -0.2) is 5.01 Å². The SMILES string of the molecule is CCN1NC(C)CC1C(C)C. The highest BCUT2D eigenvalue weighted by molar-refractivity contribution is 4.83. The number of nitrogens with zero attached hydrogens (tertiary/aromatic N) is 1. The van der Waals surface area contributed by atoms with Crippen LogP contribution in [0.15, 0.2) is 0 Å². The van der Waals surface area contributed by atoms with E-state index in [1.54, 1.807) is 0 Å². The van der Waals surface area contributed by atoms with Crippen molar-refractivity contribution in [1.29, 1.82) is 0 Å². The van der Waals surface area contributed by atoms with E-state index in [4.69, 9.17) is 0 Å². The second-order valence-electron chi connectivity index (χ2n) is 3.86. The number of rotatable bonds is 2. The van der Waals surface area contributed by atoms with Gasteiger partial charge in [0.1, 0.15) is 0 Å². The van der Waals surface area contributed by atoms with Crippen LogP contribution in [0.2, 0.25) is 0 Å². The van der Waals surface area contributed by atoms with E-state index in [2.05, 4.69) is 38.1 Å². The maximum Gasteiger partial charge on any atom is 0.0281 e. The summed E-state index contributed by atoms with van der Waals surface area (Å²) in [5.74, 6) is 0.771. The Balaban J connectivity index is 2.50. The average Bonchev–Trinajstić information content (AvgIpc) is 2.30. The lowest BCUT2D eigenvalue weighted by molar-refractivity contribution is 0.157. The first-order valence-corrected chi connectivity index (χ1v) is 4.68. The number of hydrazine groups is 1. The van der Waals surface area contributed by atoms with E-state index < -0.39 is 0 Å². The first-order valence-electron chi connectivity index (χ1n) is 4.68. The fraction of sp³-hybridized carbons (Fsp3) is 1.00. The minimum Gasteiger partial charge on any atom is -0.252 e. The second kappa shape index (κ2) is 3.55. The van der Waals surface area contributed by atoms with E-state index in [0.29, 0.717) is 6.04 Å². The molecule has 0 amide bonds. The van der Waals surface area contributed by atoms with Gasteiger partial charge >= 0.3 is 0 Å². The van der Waals surface area contributed by atoms with Crippen LogP contribution >= 0.6 is 0 Å². The number of nitrogens with one attached hydrogen (secondary N) is 1. The maximum absolute atomic E-state index is 3.47. The third-order valence-electron chi connectivity index (χ3n) is 2.49. The largest absolute Gasteiger partial charge is 0.252 e. The molecule has 1 aliphatic heterocycles. The first kappa shape index (κ1) is 9.01. The van der Waals surface area contributed by atoms with Gasteiger partial charge in [-0.2, -0.15) is 0 Å². The normalized spacial score (nSPS) is 33.5. The van der Waals surface area contributed by atoms with Crippen molar-refractivity contribution in [2.45, 2.75) is 46.2 Å². The molecule has 0 spiro atoms. The molecule has 1 rings (SSSR count). The predicted molar refractivity (Wildman–Crippen MR) is 48.2 cm³/mol. The molecule has 1 fully saturated rings. The van der Waals surface area contributed by atoms with Gasteiger partial charge in [0.05, 0.1) is 0 Å². The van der Waals surface area contributed by atoms with Crippen LogP contribution in [0.3, 0.4) is 0 Å². The van der Waals surface area contributed by atoms with Crippen molar-refractivity contribution in [3.8, 4) is 0 Å². The molecule has 2 heteroatoms. The van der Waals surface area contributed by atoms with Crippen molar-refractivity contribution >= 4 is 0 Å². The molecule has 0 aliphatic carbocycles. The molecule has 11 heavy (non-hydrogen) atoms. The average molecular weight is 156 g/mol. The molecule has 0 saturated carbocycles. The molecular formula is C9H20N2. The van der Waals surface area contributed by atoms with Crippen molar-refractivity contribution in [3.05, 3.63) is 0 Å². The summed E-state index contributed by atoms with van der Waals surface area (Å²) in [7, 11) is 0. The van der Waals surface area contributed by atoms with E-state index in [9.17, 15) is 0 Å². The Labute approximate surface area is 69.9 Å². The summed E-state index contributed by atoms with van der Waals surface area (Å²) in [6, 6.07) is 1.41. The van der Waals surface area contributed by atoms with E-state index in [-0.39, 0.29) is 0 Å². The Hall–Kier alpha value is -0.0800. The summed E-state index contributed by atoms with van der Waals surface area (Å²) in [4.78, 5) is 0. The zero-order valence-corrected chi connectivity index (χ0v) is 8.09. The Morgan fingerprint density at radius 2 is 2.18 bits per heavy atom. The Bertz CT molecular complexity index is 123. The zero-order valence-electron chi connectivity index (χ0n) is 8.09. The molecule has 1 saturated heterocycles. The van der Waals surface area contributed by atoms with Crippen molar-refractivity contribution in [2.24, 2.45) is 5.92 Å². The topological polar surface area (TPSA) is 15.3 Å². The van der Waals surface area contributed by atoms with Crippen molar-refractivity contribution in [2.75, 3.05) is 6.54 Å². The van der Waals surface area contributed by atoms with Gasteiger partial charge in [-0.05, 0) is 19.3 Å². The van der Waals surface area contributed by atoms with E-state index in [1.807, 2.05) is 0 Å². The third kappa shape index (κ3) is 1.94. The molecule has 0 radical (unpaired) electrons. The van der Waals surface area contributed by atoms with Gasteiger partial charge < -0.3 is 0 Å². The van der Waals surface area contributed by atoms with Gasteiger partial charge in [-0.15, -0.1) is 0 Å². The van der Waals surface area contributed by atoms with Gasteiger partial charge in [0.2, 0.25) is 0 Å². The highest BCUT2D eigenvalue weighted by Crippen LogP contribution is 2.20. The highest BCUT2D eigenvalue weighted by Gasteiger charge is 2.29. The summed E-state index contributed by atoms with van der Waals surface area (Å²) >= 11 is 0. The molecule has 2 unspecified atom stereocenters. The number of hydrogen-bond acceptors (Lipinski definition) is 2. The first-order chi connectivity index (χ1) is 5.15. The number of hydrogen-bond donors (Lipinski definition) is 1. The van der Waals surface area contributed by atoms with Crippen molar-refractivity contribution < 1.29 is 0 Å². The van der Waals surface area contributed by atoms with E-state index in [1.165, 1.54) is 6.42 Å². The van der Waals surface area contributed by atoms with Crippen LogP contribution in [0.5, 0.6) is 0 Å². The standard InChI is InChI=1S/C9H20N2/c1-5-11-9(7(2)3)6-8(4)10-11/h7-10H,5-6H2,1-4H3. The van der Waals surface area contributed by atoms with Crippen LogP contribution in [0.1, 0.15) is 34.1 Å². The molecule has 0 aromatic carbocycles. The van der Waals surface area contributed by atoms with Crippen molar-refractivity contribution in [3.63, 3.8) is 0 Å². The Kier molecular flexibility index (Phi) is 2.90. The molecule has 2 nitrogen and oxygen atoms in total. The molecule has 1 N–H and O–H groups in total. The summed E-state index contributed by atoms with van der Waals surface area (Å²) in [5.41, 5.74) is 3.47. The second-order valence-corrected chi connectivity index (χ2v) is 3.86. The predicted octanol–water partition coefficient (Wildman–Crippen LogP) is 1.63. The maximum atomic E-state index is 3.47. The van der Waals surface area contributed by atoms with E-state index in [0.717, 1.165) is 18.5 Å². The van der Waals surface area contributed by atoms with Gasteiger partial charge in [-0.3, -0.25) is 5.43 Å². The van der Waals surface area contributed by atoms with Crippen LogP contribution in [-0.2, 0) is 0 Å². The summed E-state index contributed by atoms with van der Waals surface area (Å²) in [6.45, 7) is 10.2. The molecule has 66 valence electrons. The Morgan fingerprint density at radius 1 is 1.55 bits per heavy atom. The lowest BCUT2D eigenvalue weighted by Gasteiger charge is -2.25. The molecule has 1 heterocycles. The fourth-order valence-electron chi connectivity index (χ4n) is 1.88. The molecule has 0 aromatic heterocycles. The van der Waals surface area contributed by atoms with Gasteiger partial charge in [0.25, 0.3) is 0 Å². The quantitative estimate of drug-likeness (QED) is 0.653.